The number of methoxy groups -OCH3 is 1. The van der Waals surface area contributed by atoms with Gasteiger partial charge in [-0.3, -0.25) is 19.5 Å². The second-order valence-electron chi connectivity index (χ2n) is 10.3. The van der Waals surface area contributed by atoms with Crippen LogP contribution in [-0.4, -0.2) is 39.0 Å². The van der Waals surface area contributed by atoms with Crippen LogP contribution in [0.5, 0.6) is 5.75 Å². The van der Waals surface area contributed by atoms with E-state index in [-0.39, 0.29) is 23.4 Å². The summed E-state index contributed by atoms with van der Waals surface area (Å²) in [6, 6.07) is 21.9. The minimum absolute atomic E-state index is 0.00119. The highest BCUT2D eigenvalue weighted by Crippen LogP contribution is 2.32. The fraction of sp³-hybridized carbons (Fsp3) is 0.118. The number of esters is 1. The fourth-order valence-electron chi connectivity index (χ4n) is 5.23. The second kappa shape index (κ2) is 12.6. The van der Waals surface area contributed by atoms with E-state index < -0.39 is 16.9 Å². The number of allylic oxidation sites excluding steroid dienone is 1. The molecule has 0 aliphatic carbocycles. The molecule has 1 aliphatic rings. The molecule has 1 atom stereocenters. The number of thiazole rings is 1. The summed E-state index contributed by atoms with van der Waals surface area (Å²) in [7, 11) is 1.56. The van der Waals surface area contributed by atoms with Gasteiger partial charge in [0.2, 0.25) is 0 Å². The number of fused-ring (bicyclic) bond motifs is 1. The zero-order valence-electron chi connectivity index (χ0n) is 24.8. The fourth-order valence-corrected chi connectivity index (χ4v) is 6.27. The number of ether oxygens (including phenoxy) is 2. The van der Waals surface area contributed by atoms with Gasteiger partial charge < -0.3 is 9.47 Å². The number of para-hydroxylation sites is 1. The van der Waals surface area contributed by atoms with Gasteiger partial charge in [-0.1, -0.05) is 66.5 Å². The van der Waals surface area contributed by atoms with Crippen molar-refractivity contribution in [3.63, 3.8) is 0 Å². The lowest BCUT2D eigenvalue weighted by molar-refractivity contribution is -0.384. The number of benzene rings is 3. The van der Waals surface area contributed by atoms with Gasteiger partial charge in [-0.05, 0) is 42.8 Å². The Kier molecular flexibility index (Phi) is 8.27. The van der Waals surface area contributed by atoms with Crippen molar-refractivity contribution in [2.24, 2.45) is 4.99 Å². The lowest BCUT2D eigenvalue weighted by Gasteiger charge is -2.24. The van der Waals surface area contributed by atoms with Crippen LogP contribution in [-0.2, 0) is 9.53 Å². The Bertz CT molecular complexity index is 2200. The maximum Gasteiger partial charge on any atom is 0.338 e. The summed E-state index contributed by atoms with van der Waals surface area (Å²) in [5, 5.41) is 16.3. The van der Waals surface area contributed by atoms with E-state index in [1.54, 1.807) is 67.4 Å². The maximum absolute atomic E-state index is 14.2. The molecule has 3 heterocycles. The monoisotopic (exact) mass is 633 g/mol. The van der Waals surface area contributed by atoms with Gasteiger partial charge in [-0.25, -0.2) is 14.5 Å². The van der Waals surface area contributed by atoms with Crippen LogP contribution in [0.2, 0.25) is 0 Å². The minimum atomic E-state index is -0.815. The SMILES string of the molecule is C=CCOC(=O)C1=C(C)N=c2s/c(=C\c3cn(-c4ccccc4)nc3-c3cccc([N+](=O)[O-])c3)c(=O)n2C1c1ccc(OC)cc1. The molecule has 0 saturated carbocycles. The molecule has 0 spiro atoms. The van der Waals surface area contributed by atoms with Crippen LogP contribution in [0.1, 0.15) is 24.1 Å². The molecule has 6 rings (SSSR count). The molecule has 3 aromatic carbocycles. The van der Waals surface area contributed by atoms with Crippen LogP contribution in [0.4, 0.5) is 5.69 Å². The molecule has 46 heavy (non-hydrogen) atoms. The number of aromatic nitrogens is 3. The number of hydrogen-bond acceptors (Lipinski definition) is 9. The Morgan fingerprint density at radius 2 is 1.87 bits per heavy atom. The van der Waals surface area contributed by atoms with Crippen molar-refractivity contribution in [3.05, 3.63) is 150 Å². The summed E-state index contributed by atoms with van der Waals surface area (Å²) < 4.78 is 14.2. The number of carbonyl (C=O) groups is 1. The Hall–Kier alpha value is -5.88. The number of carbonyl (C=O) groups excluding carboxylic acids is 1. The van der Waals surface area contributed by atoms with Gasteiger partial charge in [0.15, 0.2) is 4.80 Å². The third-order valence-corrected chi connectivity index (χ3v) is 8.37. The first-order chi connectivity index (χ1) is 22.3. The summed E-state index contributed by atoms with van der Waals surface area (Å²) in [5.41, 5.74) is 3.19. The van der Waals surface area contributed by atoms with Crippen molar-refractivity contribution < 1.29 is 19.2 Å². The number of nitro groups is 1. The lowest BCUT2D eigenvalue weighted by atomic mass is 9.96. The highest BCUT2D eigenvalue weighted by Gasteiger charge is 2.33. The Balaban J connectivity index is 1.55. The van der Waals surface area contributed by atoms with Gasteiger partial charge in [-0.2, -0.15) is 5.10 Å². The maximum atomic E-state index is 14.2. The molecule has 11 nitrogen and oxygen atoms in total. The lowest BCUT2D eigenvalue weighted by Crippen LogP contribution is -2.39. The average Bonchev–Trinajstić information content (AvgIpc) is 3.64. The van der Waals surface area contributed by atoms with E-state index in [1.807, 2.05) is 30.3 Å². The van der Waals surface area contributed by atoms with E-state index in [0.717, 1.165) is 5.69 Å². The highest BCUT2D eigenvalue weighted by molar-refractivity contribution is 7.07. The third kappa shape index (κ3) is 5.69. The van der Waals surface area contributed by atoms with Gasteiger partial charge in [0.1, 0.15) is 18.1 Å². The Morgan fingerprint density at radius 3 is 2.57 bits per heavy atom. The summed E-state index contributed by atoms with van der Waals surface area (Å²) in [6.45, 7) is 5.33. The van der Waals surface area contributed by atoms with Gasteiger partial charge >= 0.3 is 5.97 Å². The highest BCUT2D eigenvalue weighted by atomic mass is 32.1. The van der Waals surface area contributed by atoms with E-state index in [1.165, 1.54) is 34.1 Å². The number of hydrogen-bond donors (Lipinski definition) is 0. The molecule has 5 aromatic rings. The molecule has 1 aliphatic heterocycles. The van der Waals surface area contributed by atoms with Gasteiger partial charge in [0, 0.05) is 29.5 Å². The topological polar surface area (TPSA) is 131 Å². The van der Waals surface area contributed by atoms with Gasteiger partial charge in [0.25, 0.3) is 11.2 Å². The van der Waals surface area contributed by atoms with E-state index in [4.69, 9.17) is 14.6 Å². The van der Waals surface area contributed by atoms with Crippen LogP contribution in [0.3, 0.4) is 0 Å². The first-order valence-electron chi connectivity index (χ1n) is 14.1. The summed E-state index contributed by atoms with van der Waals surface area (Å²) in [6.07, 6.45) is 4.94. The van der Waals surface area contributed by atoms with Crippen LogP contribution in [0.25, 0.3) is 23.0 Å². The summed E-state index contributed by atoms with van der Waals surface area (Å²) in [4.78, 5) is 43.7. The molecule has 2 aromatic heterocycles. The van der Waals surface area contributed by atoms with E-state index in [0.29, 0.717) is 43.2 Å². The molecular weight excluding hydrogens is 606 g/mol. The molecule has 0 radical (unpaired) electrons. The molecule has 0 N–H and O–H groups in total. The van der Waals surface area contributed by atoms with E-state index in [2.05, 4.69) is 11.6 Å². The van der Waals surface area contributed by atoms with Crippen LogP contribution >= 0.6 is 11.3 Å². The summed E-state index contributed by atoms with van der Waals surface area (Å²) >= 11 is 1.17. The van der Waals surface area contributed by atoms with Crippen LogP contribution < -0.4 is 19.6 Å². The zero-order chi connectivity index (χ0) is 32.4. The van der Waals surface area contributed by atoms with Crippen molar-refractivity contribution in [1.82, 2.24) is 14.3 Å². The zero-order valence-corrected chi connectivity index (χ0v) is 25.6. The van der Waals surface area contributed by atoms with Crippen molar-refractivity contribution in [2.45, 2.75) is 13.0 Å². The molecule has 0 amide bonds. The first kappa shape index (κ1) is 30.2. The molecule has 0 fully saturated rings. The smallest absolute Gasteiger partial charge is 0.338 e. The Morgan fingerprint density at radius 1 is 1.11 bits per heavy atom. The predicted octanol–water partition coefficient (Wildman–Crippen LogP) is 4.73. The molecule has 0 bridgehead atoms. The van der Waals surface area contributed by atoms with Crippen molar-refractivity contribution in [3.8, 4) is 22.7 Å². The number of rotatable bonds is 9. The van der Waals surface area contributed by atoms with Crippen LogP contribution in [0.15, 0.2) is 119 Å². The van der Waals surface area contributed by atoms with E-state index >= 15 is 0 Å². The van der Waals surface area contributed by atoms with E-state index in [9.17, 15) is 19.7 Å². The molecule has 1 unspecified atom stereocenters. The van der Waals surface area contributed by atoms with Crippen molar-refractivity contribution >= 4 is 29.1 Å². The van der Waals surface area contributed by atoms with Crippen molar-refractivity contribution in [1.29, 1.82) is 0 Å². The largest absolute Gasteiger partial charge is 0.497 e. The normalized spacial score (nSPS) is 14.4. The third-order valence-electron chi connectivity index (χ3n) is 7.39. The first-order valence-corrected chi connectivity index (χ1v) is 14.9. The number of non-ortho nitro benzene ring substituents is 1. The molecule has 12 heteroatoms. The number of nitrogens with zero attached hydrogens (tertiary/aromatic N) is 5. The predicted molar refractivity (Wildman–Crippen MR) is 174 cm³/mol. The number of nitro benzene ring substituents is 1. The standard InChI is InChI=1S/C34H27N5O6S/c1-4-17-45-33(41)29-21(2)35-34-38(31(29)22-13-15-27(44-3)16-14-22)32(40)28(46-34)19-24-20-37(25-10-6-5-7-11-25)36-30(24)23-9-8-12-26(18-23)39(42)43/h4-16,18-20,31H,1,17H2,2-3H3/b28-19-. The molecular formula is C34H27N5O6S. The Labute approximate surface area is 266 Å². The van der Waals surface area contributed by atoms with Crippen LogP contribution in [0, 0.1) is 10.1 Å². The molecule has 0 saturated heterocycles. The average molecular weight is 634 g/mol. The second-order valence-corrected chi connectivity index (χ2v) is 11.3. The molecule has 230 valence electrons. The van der Waals surface area contributed by atoms with Gasteiger partial charge in [-0.15, -0.1) is 0 Å². The van der Waals surface area contributed by atoms with Crippen molar-refractivity contribution in [2.75, 3.05) is 13.7 Å². The van der Waals surface area contributed by atoms with Gasteiger partial charge in [0.05, 0.1) is 39.6 Å². The summed E-state index contributed by atoms with van der Waals surface area (Å²) in [5.74, 6) is 0.0186. The quantitative estimate of drug-likeness (QED) is 0.0993. The minimum Gasteiger partial charge on any atom is -0.497 e.